The van der Waals surface area contributed by atoms with Gasteiger partial charge in [0.15, 0.2) is 0 Å². The highest BCUT2D eigenvalue weighted by Crippen LogP contribution is 2.31. The van der Waals surface area contributed by atoms with E-state index in [1.165, 1.54) is 12.1 Å². The van der Waals surface area contributed by atoms with Gasteiger partial charge < -0.3 is 24.8 Å². The molecule has 0 bridgehead atoms. The van der Waals surface area contributed by atoms with Gasteiger partial charge in [0.25, 0.3) is 5.91 Å². The standard InChI is InChI=1S/C23H27N3O4/c24-17-20(23(28)25-7-11-29-13-14-30-12-10-27)15-18-5-6-19-3-1-4-22(21(19)16-18)26-8-2-9-26/h1,3-6,15-16,27H,2,7-14H2,(H,25,28)/b20-15+. The highest BCUT2D eigenvalue weighted by molar-refractivity contribution is 6.03. The number of nitrogens with one attached hydrogen (secondary N) is 1. The summed E-state index contributed by atoms with van der Waals surface area (Å²) in [5.41, 5.74) is 2.07. The topological polar surface area (TPSA) is 94.8 Å². The van der Waals surface area contributed by atoms with Crippen LogP contribution >= 0.6 is 0 Å². The van der Waals surface area contributed by atoms with E-state index < -0.39 is 5.91 Å². The molecule has 0 atom stereocenters. The SMILES string of the molecule is N#C/C(=C\c1ccc2cccc(N3CCC3)c2c1)C(=O)NCCOCCOCCO. The van der Waals surface area contributed by atoms with Crippen molar-refractivity contribution in [2.24, 2.45) is 0 Å². The van der Waals surface area contributed by atoms with Crippen LogP contribution in [0.5, 0.6) is 0 Å². The Bertz CT molecular complexity index is 932. The zero-order valence-electron chi connectivity index (χ0n) is 17.0. The van der Waals surface area contributed by atoms with E-state index in [9.17, 15) is 10.1 Å². The lowest BCUT2D eigenvalue weighted by molar-refractivity contribution is -0.117. The van der Waals surface area contributed by atoms with E-state index in [1.54, 1.807) is 6.08 Å². The molecule has 3 rings (SSSR count). The molecule has 158 valence electrons. The second-order valence-electron chi connectivity index (χ2n) is 6.97. The summed E-state index contributed by atoms with van der Waals surface area (Å²) in [6, 6.07) is 14.2. The van der Waals surface area contributed by atoms with E-state index in [4.69, 9.17) is 14.6 Å². The highest BCUT2D eigenvalue weighted by atomic mass is 16.5. The number of hydrogen-bond donors (Lipinski definition) is 2. The summed E-state index contributed by atoms with van der Waals surface area (Å²) >= 11 is 0. The first-order valence-electron chi connectivity index (χ1n) is 10.2. The fourth-order valence-corrected chi connectivity index (χ4v) is 3.23. The van der Waals surface area contributed by atoms with E-state index in [-0.39, 0.29) is 18.8 Å². The van der Waals surface area contributed by atoms with E-state index >= 15 is 0 Å². The lowest BCUT2D eigenvalue weighted by atomic mass is 10.0. The molecule has 0 saturated carbocycles. The number of nitrogens with zero attached hydrogens (tertiary/aromatic N) is 2. The van der Waals surface area contributed by atoms with Crippen molar-refractivity contribution in [1.82, 2.24) is 5.32 Å². The molecule has 0 aliphatic carbocycles. The minimum Gasteiger partial charge on any atom is -0.394 e. The Hall–Kier alpha value is -2.92. The van der Waals surface area contributed by atoms with E-state index in [1.807, 2.05) is 24.3 Å². The predicted octanol–water partition coefficient (Wildman–Crippen LogP) is 2.10. The maximum absolute atomic E-state index is 12.3. The van der Waals surface area contributed by atoms with Gasteiger partial charge in [0.1, 0.15) is 11.6 Å². The first-order chi connectivity index (χ1) is 14.7. The lowest BCUT2D eigenvalue weighted by Crippen LogP contribution is -2.37. The van der Waals surface area contributed by atoms with Crippen molar-refractivity contribution >= 4 is 28.4 Å². The molecule has 1 saturated heterocycles. The quantitative estimate of drug-likeness (QED) is 0.335. The number of fused-ring (bicyclic) bond motifs is 1. The van der Waals surface area contributed by atoms with Gasteiger partial charge in [-0.15, -0.1) is 0 Å². The molecule has 2 aromatic carbocycles. The van der Waals surface area contributed by atoms with Crippen LogP contribution in [0, 0.1) is 11.3 Å². The van der Waals surface area contributed by atoms with Gasteiger partial charge in [0.05, 0.1) is 33.0 Å². The number of rotatable bonds is 11. The molecule has 1 heterocycles. The number of amides is 1. The third-order valence-corrected chi connectivity index (χ3v) is 4.90. The lowest BCUT2D eigenvalue weighted by Gasteiger charge is -2.34. The van der Waals surface area contributed by atoms with E-state index in [2.05, 4.69) is 28.4 Å². The monoisotopic (exact) mass is 409 g/mol. The molecule has 2 N–H and O–H groups in total. The molecular formula is C23H27N3O4. The number of hydrogen-bond acceptors (Lipinski definition) is 6. The average Bonchev–Trinajstić information content (AvgIpc) is 2.73. The molecule has 2 aromatic rings. The number of aliphatic hydroxyl groups is 1. The number of anilines is 1. The summed E-state index contributed by atoms with van der Waals surface area (Å²) in [4.78, 5) is 14.7. The Balaban J connectivity index is 1.59. The Morgan fingerprint density at radius 2 is 1.97 bits per heavy atom. The molecule has 7 heteroatoms. The largest absolute Gasteiger partial charge is 0.394 e. The fraction of sp³-hybridized carbons (Fsp3) is 0.391. The molecule has 0 radical (unpaired) electrons. The summed E-state index contributed by atoms with van der Waals surface area (Å²) in [6.07, 6.45) is 2.82. The van der Waals surface area contributed by atoms with Crippen LogP contribution in [0.3, 0.4) is 0 Å². The smallest absolute Gasteiger partial charge is 0.262 e. The molecule has 1 aliphatic rings. The van der Waals surface area contributed by atoms with Gasteiger partial charge in [0.2, 0.25) is 0 Å². The van der Waals surface area contributed by atoms with Crippen LogP contribution in [0.2, 0.25) is 0 Å². The molecule has 30 heavy (non-hydrogen) atoms. The van der Waals surface area contributed by atoms with Crippen molar-refractivity contribution in [2.75, 3.05) is 57.6 Å². The summed E-state index contributed by atoms with van der Waals surface area (Å²) in [5.74, 6) is -0.422. The second kappa shape index (κ2) is 11.3. The number of aliphatic hydroxyl groups excluding tert-OH is 1. The fourth-order valence-electron chi connectivity index (χ4n) is 3.23. The van der Waals surface area contributed by atoms with Crippen molar-refractivity contribution in [3.63, 3.8) is 0 Å². The Kier molecular flexibility index (Phi) is 8.21. The minimum absolute atomic E-state index is 0.0178. The summed E-state index contributed by atoms with van der Waals surface area (Å²) in [6.45, 7) is 3.77. The van der Waals surface area contributed by atoms with Gasteiger partial charge in [-0.05, 0) is 35.6 Å². The first-order valence-corrected chi connectivity index (χ1v) is 10.2. The van der Waals surface area contributed by atoms with Crippen molar-refractivity contribution in [3.05, 3.63) is 47.5 Å². The summed E-state index contributed by atoms with van der Waals surface area (Å²) in [7, 11) is 0. The Morgan fingerprint density at radius 3 is 2.67 bits per heavy atom. The average molecular weight is 409 g/mol. The normalized spacial score (nSPS) is 13.7. The van der Waals surface area contributed by atoms with Crippen molar-refractivity contribution < 1.29 is 19.4 Å². The van der Waals surface area contributed by atoms with Gasteiger partial charge in [-0.2, -0.15) is 5.26 Å². The number of carbonyl (C=O) groups is 1. The number of benzene rings is 2. The van der Waals surface area contributed by atoms with Gasteiger partial charge in [-0.1, -0.05) is 24.3 Å². The predicted molar refractivity (Wildman–Crippen MR) is 116 cm³/mol. The molecule has 1 amide bonds. The molecule has 1 fully saturated rings. The minimum atomic E-state index is -0.422. The van der Waals surface area contributed by atoms with Crippen LogP contribution in [0.1, 0.15) is 12.0 Å². The number of nitriles is 1. The Labute approximate surface area is 176 Å². The van der Waals surface area contributed by atoms with Crippen LogP contribution in [0.25, 0.3) is 16.8 Å². The van der Waals surface area contributed by atoms with Gasteiger partial charge >= 0.3 is 0 Å². The summed E-state index contributed by atoms with van der Waals surface area (Å²) < 4.78 is 10.4. The van der Waals surface area contributed by atoms with E-state index in [0.29, 0.717) is 26.4 Å². The van der Waals surface area contributed by atoms with Gasteiger partial charge in [0, 0.05) is 30.7 Å². The highest BCUT2D eigenvalue weighted by Gasteiger charge is 2.16. The van der Waals surface area contributed by atoms with Crippen molar-refractivity contribution in [2.45, 2.75) is 6.42 Å². The maximum Gasteiger partial charge on any atom is 0.262 e. The second-order valence-corrected chi connectivity index (χ2v) is 6.97. The number of ether oxygens (including phenoxy) is 2. The van der Waals surface area contributed by atoms with Crippen LogP contribution in [-0.2, 0) is 14.3 Å². The Morgan fingerprint density at radius 1 is 1.17 bits per heavy atom. The molecule has 0 spiro atoms. The van der Waals surface area contributed by atoms with Crippen LogP contribution in [0.4, 0.5) is 5.69 Å². The molecule has 1 aliphatic heterocycles. The molecule has 0 aromatic heterocycles. The molecular weight excluding hydrogens is 382 g/mol. The van der Waals surface area contributed by atoms with Gasteiger partial charge in [-0.25, -0.2) is 0 Å². The number of carbonyl (C=O) groups excluding carboxylic acids is 1. The molecule has 7 nitrogen and oxygen atoms in total. The van der Waals surface area contributed by atoms with Crippen molar-refractivity contribution in [1.29, 1.82) is 5.26 Å². The van der Waals surface area contributed by atoms with Crippen LogP contribution < -0.4 is 10.2 Å². The van der Waals surface area contributed by atoms with Gasteiger partial charge in [-0.3, -0.25) is 4.79 Å². The van der Waals surface area contributed by atoms with Crippen LogP contribution in [-0.4, -0.2) is 63.7 Å². The van der Waals surface area contributed by atoms with Crippen molar-refractivity contribution in [3.8, 4) is 6.07 Å². The zero-order valence-corrected chi connectivity index (χ0v) is 17.0. The summed E-state index contributed by atoms with van der Waals surface area (Å²) in [5, 5.41) is 23.0. The third kappa shape index (κ3) is 5.80. The molecule has 0 unspecified atom stereocenters. The maximum atomic E-state index is 12.3. The van der Waals surface area contributed by atoms with E-state index in [0.717, 1.165) is 29.4 Å². The first kappa shape index (κ1) is 21.8. The van der Waals surface area contributed by atoms with Crippen LogP contribution in [0.15, 0.2) is 42.0 Å². The third-order valence-electron chi connectivity index (χ3n) is 4.90. The zero-order chi connectivity index (χ0) is 21.2.